The fraction of sp³-hybridized carbons (Fsp3) is 0.889. The van der Waals surface area contributed by atoms with Crippen LogP contribution in [-0.2, 0) is 9.53 Å². The van der Waals surface area contributed by atoms with Gasteiger partial charge in [0.15, 0.2) is 0 Å². The fourth-order valence-corrected chi connectivity index (χ4v) is 2.29. The number of epoxide rings is 1. The molecule has 0 aromatic rings. The number of carbonyl (C=O) groups is 1. The lowest BCUT2D eigenvalue weighted by molar-refractivity contribution is -0.143. The molecule has 1 saturated heterocycles. The number of aliphatic carboxylic acids is 1. The molecular formula is C9H14O3. The summed E-state index contributed by atoms with van der Waals surface area (Å²) in [6, 6.07) is 0. The molecule has 0 radical (unpaired) electrons. The Kier molecular flexibility index (Phi) is 1.65. The molecule has 2 rings (SSSR count). The van der Waals surface area contributed by atoms with Gasteiger partial charge in [-0.2, -0.15) is 0 Å². The third-order valence-electron chi connectivity index (χ3n) is 3.22. The number of rotatable bonds is 2. The van der Waals surface area contributed by atoms with E-state index in [1.807, 2.05) is 0 Å². The molecule has 3 atom stereocenters. The van der Waals surface area contributed by atoms with Crippen LogP contribution in [0.4, 0.5) is 0 Å². The Labute approximate surface area is 71.7 Å². The van der Waals surface area contributed by atoms with Crippen molar-refractivity contribution >= 4 is 5.97 Å². The summed E-state index contributed by atoms with van der Waals surface area (Å²) >= 11 is 0. The predicted octanol–water partition coefficient (Wildman–Crippen LogP) is 1.42. The van der Waals surface area contributed by atoms with Gasteiger partial charge >= 0.3 is 5.97 Å². The smallest absolute Gasteiger partial charge is 0.306 e. The zero-order chi connectivity index (χ0) is 8.77. The van der Waals surface area contributed by atoms with Crippen molar-refractivity contribution in [1.82, 2.24) is 0 Å². The lowest BCUT2D eigenvalue weighted by Crippen LogP contribution is -2.29. The summed E-state index contributed by atoms with van der Waals surface area (Å²) in [4.78, 5) is 10.7. The summed E-state index contributed by atoms with van der Waals surface area (Å²) in [7, 11) is 0. The lowest BCUT2D eigenvalue weighted by Gasteiger charge is -2.21. The molecule has 12 heavy (non-hydrogen) atoms. The molecule has 2 fully saturated rings. The highest BCUT2D eigenvalue weighted by Crippen LogP contribution is 2.51. The van der Waals surface area contributed by atoms with Gasteiger partial charge in [0.25, 0.3) is 0 Å². The van der Waals surface area contributed by atoms with Gasteiger partial charge in [0, 0.05) is 0 Å². The Morgan fingerprint density at radius 3 is 3.00 bits per heavy atom. The molecule has 0 aromatic heterocycles. The van der Waals surface area contributed by atoms with Gasteiger partial charge in [-0.25, -0.2) is 0 Å². The van der Waals surface area contributed by atoms with Crippen LogP contribution in [0, 0.1) is 5.92 Å². The van der Waals surface area contributed by atoms with Crippen molar-refractivity contribution in [2.75, 3.05) is 0 Å². The molecule has 1 aliphatic carbocycles. The summed E-state index contributed by atoms with van der Waals surface area (Å²) in [5, 5.41) is 8.83. The van der Waals surface area contributed by atoms with Gasteiger partial charge in [0.05, 0.1) is 17.6 Å². The summed E-state index contributed by atoms with van der Waals surface area (Å²) in [5.41, 5.74) is -0.0404. The SMILES string of the molecule is CC[C@@]12C[C@H](C(=O)O)CC[C@@H]1O2. The van der Waals surface area contributed by atoms with Gasteiger partial charge in [0.1, 0.15) is 0 Å². The average molecular weight is 170 g/mol. The predicted molar refractivity (Wildman–Crippen MR) is 42.9 cm³/mol. The number of ether oxygens (including phenoxy) is 1. The largest absolute Gasteiger partial charge is 0.481 e. The highest BCUT2D eigenvalue weighted by Gasteiger charge is 2.58. The molecule has 0 spiro atoms. The molecule has 3 nitrogen and oxygen atoms in total. The van der Waals surface area contributed by atoms with E-state index in [1.54, 1.807) is 0 Å². The number of fused-ring (bicyclic) bond motifs is 1. The van der Waals surface area contributed by atoms with Crippen LogP contribution in [0.15, 0.2) is 0 Å². The average Bonchev–Trinajstić information content (AvgIpc) is 2.77. The Balaban J connectivity index is 2.02. The van der Waals surface area contributed by atoms with Crippen LogP contribution in [0.2, 0.25) is 0 Å². The van der Waals surface area contributed by atoms with E-state index >= 15 is 0 Å². The zero-order valence-corrected chi connectivity index (χ0v) is 7.25. The highest BCUT2D eigenvalue weighted by atomic mass is 16.6. The summed E-state index contributed by atoms with van der Waals surface area (Å²) < 4.78 is 5.53. The monoisotopic (exact) mass is 170 g/mol. The van der Waals surface area contributed by atoms with Crippen LogP contribution in [0.3, 0.4) is 0 Å². The Bertz CT molecular complexity index is 214. The van der Waals surface area contributed by atoms with E-state index in [0.717, 1.165) is 25.7 Å². The fourth-order valence-electron chi connectivity index (χ4n) is 2.29. The van der Waals surface area contributed by atoms with Crippen molar-refractivity contribution in [1.29, 1.82) is 0 Å². The molecule has 1 aliphatic heterocycles. The minimum absolute atomic E-state index is 0.0404. The maximum absolute atomic E-state index is 10.7. The van der Waals surface area contributed by atoms with Crippen LogP contribution in [-0.4, -0.2) is 22.8 Å². The van der Waals surface area contributed by atoms with Crippen LogP contribution < -0.4 is 0 Å². The van der Waals surface area contributed by atoms with Gasteiger partial charge in [0.2, 0.25) is 0 Å². The third kappa shape index (κ3) is 1.04. The van der Waals surface area contributed by atoms with Crippen molar-refractivity contribution in [3.63, 3.8) is 0 Å². The Hall–Kier alpha value is -0.570. The standard InChI is InChI=1S/C9H14O3/c1-2-9-5-6(8(10)11)3-4-7(9)12-9/h6-7H,2-5H2,1H3,(H,10,11)/t6-,7+,9-/m1/s1. The first-order chi connectivity index (χ1) is 5.68. The van der Waals surface area contributed by atoms with E-state index in [1.165, 1.54) is 0 Å². The first kappa shape index (κ1) is 8.05. The van der Waals surface area contributed by atoms with Crippen molar-refractivity contribution in [3.05, 3.63) is 0 Å². The van der Waals surface area contributed by atoms with Gasteiger partial charge in [-0.05, 0) is 25.7 Å². The minimum Gasteiger partial charge on any atom is -0.481 e. The van der Waals surface area contributed by atoms with Crippen LogP contribution in [0.25, 0.3) is 0 Å². The van der Waals surface area contributed by atoms with Crippen molar-refractivity contribution in [2.24, 2.45) is 5.92 Å². The van der Waals surface area contributed by atoms with Crippen LogP contribution >= 0.6 is 0 Å². The van der Waals surface area contributed by atoms with Gasteiger partial charge in [-0.1, -0.05) is 6.92 Å². The van der Waals surface area contributed by atoms with E-state index < -0.39 is 5.97 Å². The second-order valence-corrected chi connectivity index (χ2v) is 3.84. The first-order valence-electron chi connectivity index (χ1n) is 4.58. The van der Waals surface area contributed by atoms with Crippen LogP contribution in [0.5, 0.6) is 0 Å². The maximum Gasteiger partial charge on any atom is 0.306 e. The van der Waals surface area contributed by atoms with Crippen molar-refractivity contribution in [2.45, 2.75) is 44.3 Å². The second kappa shape index (κ2) is 2.46. The Morgan fingerprint density at radius 1 is 1.67 bits per heavy atom. The molecule has 1 heterocycles. The van der Waals surface area contributed by atoms with E-state index in [0.29, 0.717) is 6.10 Å². The molecule has 0 unspecified atom stereocenters. The number of carboxylic acid groups (broad SMARTS) is 1. The Morgan fingerprint density at radius 2 is 2.42 bits per heavy atom. The van der Waals surface area contributed by atoms with Gasteiger partial charge < -0.3 is 9.84 Å². The summed E-state index contributed by atoms with van der Waals surface area (Å²) in [6.07, 6.45) is 3.79. The van der Waals surface area contributed by atoms with E-state index in [9.17, 15) is 4.79 Å². The zero-order valence-electron chi connectivity index (χ0n) is 7.25. The summed E-state index contributed by atoms with van der Waals surface area (Å²) in [6.45, 7) is 2.07. The number of hydrogen-bond donors (Lipinski definition) is 1. The molecular weight excluding hydrogens is 156 g/mol. The van der Waals surface area contributed by atoms with Crippen molar-refractivity contribution in [3.8, 4) is 0 Å². The lowest BCUT2D eigenvalue weighted by atomic mass is 9.80. The normalized spacial score (nSPS) is 45.1. The molecule has 3 heteroatoms. The molecule has 1 N–H and O–H groups in total. The maximum atomic E-state index is 10.7. The van der Waals surface area contributed by atoms with Crippen LogP contribution in [0.1, 0.15) is 32.6 Å². The number of hydrogen-bond acceptors (Lipinski definition) is 2. The molecule has 0 amide bonds. The van der Waals surface area contributed by atoms with E-state index in [4.69, 9.17) is 9.84 Å². The van der Waals surface area contributed by atoms with E-state index in [2.05, 4.69) is 6.92 Å². The molecule has 0 bridgehead atoms. The molecule has 0 aromatic carbocycles. The molecule has 1 saturated carbocycles. The molecule has 2 aliphatic rings. The van der Waals surface area contributed by atoms with Gasteiger partial charge in [-0.3, -0.25) is 4.79 Å². The second-order valence-electron chi connectivity index (χ2n) is 3.84. The molecule has 68 valence electrons. The third-order valence-corrected chi connectivity index (χ3v) is 3.22. The van der Waals surface area contributed by atoms with Crippen molar-refractivity contribution < 1.29 is 14.6 Å². The van der Waals surface area contributed by atoms with Gasteiger partial charge in [-0.15, -0.1) is 0 Å². The number of carboxylic acids is 1. The van der Waals surface area contributed by atoms with E-state index in [-0.39, 0.29) is 11.5 Å². The first-order valence-corrected chi connectivity index (χ1v) is 4.58. The minimum atomic E-state index is -0.656. The quantitative estimate of drug-likeness (QED) is 0.637. The summed E-state index contributed by atoms with van der Waals surface area (Å²) in [5.74, 6) is -0.819. The highest BCUT2D eigenvalue weighted by molar-refractivity contribution is 5.70. The topological polar surface area (TPSA) is 49.8 Å².